The molecule has 0 bridgehead atoms. The predicted molar refractivity (Wildman–Crippen MR) is 210 cm³/mol. The number of esters is 3. The third-order valence-corrected chi connectivity index (χ3v) is 10.1. The summed E-state index contributed by atoms with van der Waals surface area (Å²) in [6, 6.07) is 0. The van der Waals surface area contributed by atoms with E-state index in [9.17, 15) is 14.4 Å². The van der Waals surface area contributed by atoms with E-state index in [0.717, 1.165) is 76.0 Å². The van der Waals surface area contributed by atoms with Gasteiger partial charge in [-0.15, -0.1) is 0 Å². The fraction of sp³-hybridized carbons (Fsp3) is 0.932. The first kappa shape index (κ1) is 48.4. The molecule has 0 amide bonds. The second-order valence-corrected chi connectivity index (χ2v) is 15.7. The third-order valence-electron chi connectivity index (χ3n) is 10.1. The molecule has 0 spiro atoms. The Labute approximate surface area is 310 Å². The minimum Gasteiger partial charge on any atom is -0.462 e. The number of hydrogen-bond donors (Lipinski definition) is 0. The summed E-state index contributed by atoms with van der Waals surface area (Å²) in [7, 11) is 0. The van der Waals surface area contributed by atoms with Crippen molar-refractivity contribution in [2.24, 2.45) is 11.8 Å². The van der Waals surface area contributed by atoms with Crippen molar-refractivity contribution in [2.45, 2.75) is 240 Å². The van der Waals surface area contributed by atoms with Crippen LogP contribution in [0.5, 0.6) is 0 Å². The van der Waals surface area contributed by atoms with Gasteiger partial charge < -0.3 is 14.2 Å². The van der Waals surface area contributed by atoms with Crippen LogP contribution < -0.4 is 0 Å². The lowest BCUT2D eigenvalue weighted by Crippen LogP contribution is -2.30. The highest BCUT2D eigenvalue weighted by molar-refractivity contribution is 5.71. The Bertz CT molecular complexity index is 766. The van der Waals surface area contributed by atoms with E-state index in [1.807, 2.05) is 0 Å². The normalized spacial score (nSPS) is 12.6. The van der Waals surface area contributed by atoms with E-state index in [1.54, 1.807) is 0 Å². The Morgan fingerprint density at radius 1 is 0.420 bits per heavy atom. The van der Waals surface area contributed by atoms with E-state index in [4.69, 9.17) is 14.2 Å². The molecule has 0 rings (SSSR count). The van der Waals surface area contributed by atoms with Crippen molar-refractivity contribution in [3.05, 3.63) is 0 Å². The first-order chi connectivity index (χ1) is 24.3. The topological polar surface area (TPSA) is 78.9 Å². The fourth-order valence-electron chi connectivity index (χ4n) is 6.37. The van der Waals surface area contributed by atoms with E-state index < -0.39 is 6.10 Å². The van der Waals surface area contributed by atoms with Gasteiger partial charge >= 0.3 is 17.9 Å². The van der Waals surface area contributed by atoms with Crippen LogP contribution >= 0.6 is 0 Å². The monoisotopic (exact) mass is 709 g/mol. The minimum atomic E-state index is -0.758. The standard InChI is InChI=1S/C44H84O6/c1-6-8-9-22-31-36-44(47)50-41(37-48-42(45)34-29-25-20-16-12-10-14-18-23-27-32-39(3)4)38-49-43(46)35-30-26-21-17-13-11-15-19-24-28-33-40(5)7-2/h39-41H,6-38H2,1-5H3/t40?,41-/m1/s1. The molecule has 0 fully saturated rings. The van der Waals surface area contributed by atoms with E-state index in [-0.39, 0.29) is 31.1 Å². The van der Waals surface area contributed by atoms with E-state index >= 15 is 0 Å². The molecule has 6 heteroatoms. The average molecular weight is 709 g/mol. The largest absolute Gasteiger partial charge is 0.462 e. The lowest BCUT2D eigenvalue weighted by Gasteiger charge is -2.18. The van der Waals surface area contributed by atoms with Crippen molar-refractivity contribution >= 4 is 17.9 Å². The second-order valence-electron chi connectivity index (χ2n) is 15.7. The van der Waals surface area contributed by atoms with Crippen LogP contribution in [-0.2, 0) is 28.6 Å². The molecule has 0 aliphatic carbocycles. The summed E-state index contributed by atoms with van der Waals surface area (Å²) in [4.78, 5) is 37.4. The Morgan fingerprint density at radius 3 is 1.14 bits per heavy atom. The van der Waals surface area contributed by atoms with Crippen molar-refractivity contribution in [1.82, 2.24) is 0 Å². The highest BCUT2D eigenvalue weighted by Crippen LogP contribution is 2.17. The minimum absolute atomic E-state index is 0.0667. The molecule has 6 nitrogen and oxygen atoms in total. The van der Waals surface area contributed by atoms with Crippen molar-refractivity contribution in [3.63, 3.8) is 0 Å². The average Bonchev–Trinajstić information content (AvgIpc) is 3.09. The Hall–Kier alpha value is -1.59. The SMILES string of the molecule is CCCCCCCC(=O)O[C@H](COC(=O)CCCCCCCCCCCCC(C)C)COC(=O)CCCCCCCCCCCCC(C)CC. The summed E-state index contributed by atoms with van der Waals surface area (Å²) in [5.74, 6) is 0.814. The van der Waals surface area contributed by atoms with Crippen LogP contribution in [0.3, 0.4) is 0 Å². The molecule has 50 heavy (non-hydrogen) atoms. The van der Waals surface area contributed by atoms with Crippen LogP contribution in [0.15, 0.2) is 0 Å². The van der Waals surface area contributed by atoms with Gasteiger partial charge in [0.2, 0.25) is 0 Å². The first-order valence-corrected chi connectivity index (χ1v) is 21.8. The number of ether oxygens (including phenoxy) is 3. The molecule has 0 heterocycles. The van der Waals surface area contributed by atoms with Gasteiger partial charge in [0.25, 0.3) is 0 Å². The molecule has 0 N–H and O–H groups in total. The van der Waals surface area contributed by atoms with Crippen LogP contribution in [-0.4, -0.2) is 37.2 Å². The Kier molecular flexibility index (Phi) is 36.0. The van der Waals surface area contributed by atoms with Gasteiger partial charge in [-0.25, -0.2) is 0 Å². The summed E-state index contributed by atoms with van der Waals surface area (Å²) < 4.78 is 16.6. The molecule has 2 atom stereocenters. The number of rotatable bonds is 38. The maximum Gasteiger partial charge on any atom is 0.306 e. The van der Waals surface area contributed by atoms with E-state index in [1.165, 1.54) is 116 Å². The molecule has 1 unspecified atom stereocenters. The number of hydrogen-bond acceptors (Lipinski definition) is 6. The summed E-state index contributed by atoms with van der Waals surface area (Å²) in [5.41, 5.74) is 0. The quantitative estimate of drug-likeness (QED) is 0.0361. The highest BCUT2D eigenvalue weighted by Gasteiger charge is 2.19. The summed E-state index contributed by atoms with van der Waals surface area (Å²) in [6.07, 6.45) is 34.0. The fourth-order valence-corrected chi connectivity index (χ4v) is 6.37. The molecule has 0 saturated carbocycles. The third kappa shape index (κ3) is 36.2. The van der Waals surface area contributed by atoms with Gasteiger partial charge in [0.05, 0.1) is 0 Å². The van der Waals surface area contributed by atoms with Gasteiger partial charge in [-0.3, -0.25) is 14.4 Å². The summed E-state index contributed by atoms with van der Waals surface area (Å²) in [5, 5.41) is 0. The maximum atomic E-state index is 12.5. The molecule has 296 valence electrons. The Morgan fingerprint density at radius 2 is 0.760 bits per heavy atom. The van der Waals surface area contributed by atoms with E-state index in [0.29, 0.717) is 19.3 Å². The van der Waals surface area contributed by atoms with Crippen LogP contribution in [0, 0.1) is 11.8 Å². The lowest BCUT2D eigenvalue weighted by atomic mass is 9.99. The first-order valence-electron chi connectivity index (χ1n) is 21.8. The van der Waals surface area contributed by atoms with Crippen molar-refractivity contribution in [1.29, 1.82) is 0 Å². The lowest BCUT2D eigenvalue weighted by molar-refractivity contribution is -0.167. The number of unbranched alkanes of at least 4 members (excludes halogenated alkanes) is 22. The maximum absolute atomic E-state index is 12.5. The van der Waals surface area contributed by atoms with Crippen molar-refractivity contribution in [2.75, 3.05) is 13.2 Å². The summed E-state index contributed by atoms with van der Waals surface area (Å²) in [6.45, 7) is 11.3. The smallest absolute Gasteiger partial charge is 0.306 e. The van der Waals surface area contributed by atoms with Gasteiger partial charge in [0, 0.05) is 19.3 Å². The predicted octanol–water partition coefficient (Wildman–Crippen LogP) is 13.4. The van der Waals surface area contributed by atoms with Gasteiger partial charge in [-0.05, 0) is 31.1 Å². The van der Waals surface area contributed by atoms with Crippen LogP contribution in [0.1, 0.15) is 234 Å². The molecule has 0 aliphatic heterocycles. The molecule has 0 radical (unpaired) electrons. The zero-order chi connectivity index (χ0) is 36.9. The Balaban J connectivity index is 4.18. The van der Waals surface area contributed by atoms with Crippen LogP contribution in [0.4, 0.5) is 0 Å². The van der Waals surface area contributed by atoms with Crippen molar-refractivity contribution < 1.29 is 28.6 Å². The van der Waals surface area contributed by atoms with E-state index in [2.05, 4.69) is 34.6 Å². The molecule has 0 saturated heterocycles. The summed E-state index contributed by atoms with van der Waals surface area (Å²) >= 11 is 0. The number of carbonyl (C=O) groups excluding carboxylic acids is 3. The molecule has 0 aromatic heterocycles. The second kappa shape index (κ2) is 37.2. The molecule has 0 aromatic rings. The molecular formula is C44H84O6. The molecule has 0 aromatic carbocycles. The molecular weight excluding hydrogens is 624 g/mol. The van der Waals surface area contributed by atoms with Gasteiger partial charge in [-0.2, -0.15) is 0 Å². The zero-order valence-electron chi connectivity index (χ0n) is 34.0. The van der Waals surface area contributed by atoms with Crippen LogP contribution in [0.25, 0.3) is 0 Å². The van der Waals surface area contributed by atoms with Gasteiger partial charge in [0.15, 0.2) is 6.10 Å². The van der Waals surface area contributed by atoms with Crippen LogP contribution in [0.2, 0.25) is 0 Å². The highest BCUT2D eigenvalue weighted by atomic mass is 16.6. The van der Waals surface area contributed by atoms with Crippen molar-refractivity contribution in [3.8, 4) is 0 Å². The zero-order valence-corrected chi connectivity index (χ0v) is 34.0. The van der Waals surface area contributed by atoms with Gasteiger partial charge in [-0.1, -0.05) is 195 Å². The van der Waals surface area contributed by atoms with Gasteiger partial charge in [0.1, 0.15) is 13.2 Å². The molecule has 0 aliphatic rings. The number of carbonyl (C=O) groups is 3.